The first-order chi connectivity index (χ1) is 16.8. The van der Waals surface area contributed by atoms with E-state index in [2.05, 4.69) is 5.32 Å². The van der Waals surface area contributed by atoms with Gasteiger partial charge in [-0.05, 0) is 42.8 Å². The predicted octanol–water partition coefficient (Wildman–Crippen LogP) is 4.53. The maximum Gasteiger partial charge on any atom is 0.253 e. The number of anilines is 2. The number of carbonyl (C=O) groups is 3. The standard InChI is InChI=1S/C27H21Cl2N3O3/c1-15-22-23(25(34)32(24(22)33)17-7-3-2-4-8-17)27(30-15)18-9-5-6-10-21(18)31(26(27)35)14-16-11-12-19(28)20(29)13-16/h2-13,15,22-23,30H,14H2,1H3/t15-,22-,23+,27-/m0/s1. The maximum absolute atomic E-state index is 14.2. The van der Waals surface area contributed by atoms with Crippen LogP contribution in [0.4, 0.5) is 11.4 Å². The Morgan fingerprint density at radius 3 is 2.34 bits per heavy atom. The van der Waals surface area contributed by atoms with Crippen LogP contribution in [0.3, 0.4) is 0 Å². The second kappa shape index (κ2) is 7.92. The number of benzene rings is 3. The van der Waals surface area contributed by atoms with Crippen molar-refractivity contribution in [3.63, 3.8) is 0 Å². The Labute approximate surface area is 212 Å². The van der Waals surface area contributed by atoms with Crippen molar-refractivity contribution in [2.75, 3.05) is 9.80 Å². The highest BCUT2D eigenvalue weighted by molar-refractivity contribution is 6.42. The van der Waals surface area contributed by atoms with Gasteiger partial charge in [-0.25, -0.2) is 4.90 Å². The van der Waals surface area contributed by atoms with E-state index in [4.69, 9.17) is 23.2 Å². The molecule has 4 atom stereocenters. The Hall–Kier alpha value is -3.19. The molecule has 3 aliphatic heterocycles. The number of nitrogens with zero attached hydrogens (tertiary/aromatic N) is 2. The third kappa shape index (κ3) is 3.03. The molecule has 1 N–H and O–H groups in total. The zero-order valence-electron chi connectivity index (χ0n) is 18.7. The summed E-state index contributed by atoms with van der Waals surface area (Å²) in [5.41, 5.74) is 1.42. The molecule has 8 heteroatoms. The molecular formula is C27H21Cl2N3O3. The van der Waals surface area contributed by atoms with Gasteiger partial charge in [0, 0.05) is 17.3 Å². The van der Waals surface area contributed by atoms with Crippen molar-refractivity contribution in [2.45, 2.75) is 25.0 Å². The molecule has 3 aromatic rings. The van der Waals surface area contributed by atoms with Crippen molar-refractivity contribution in [3.8, 4) is 0 Å². The van der Waals surface area contributed by atoms with Crippen molar-refractivity contribution in [2.24, 2.45) is 11.8 Å². The lowest BCUT2D eigenvalue weighted by atomic mass is 9.76. The van der Waals surface area contributed by atoms with Crippen molar-refractivity contribution in [3.05, 3.63) is 94.0 Å². The van der Waals surface area contributed by atoms with E-state index in [-0.39, 0.29) is 30.3 Å². The van der Waals surface area contributed by atoms with Gasteiger partial charge in [0.2, 0.25) is 11.8 Å². The summed E-state index contributed by atoms with van der Waals surface area (Å²) < 4.78 is 0. The van der Waals surface area contributed by atoms with E-state index < -0.39 is 17.4 Å². The Morgan fingerprint density at radius 2 is 1.60 bits per heavy atom. The number of para-hydroxylation sites is 2. The Balaban J connectivity index is 1.46. The summed E-state index contributed by atoms with van der Waals surface area (Å²) in [5.74, 6) is -2.39. The first-order valence-corrected chi connectivity index (χ1v) is 12.2. The summed E-state index contributed by atoms with van der Waals surface area (Å²) >= 11 is 12.3. The van der Waals surface area contributed by atoms with Crippen LogP contribution in [0.2, 0.25) is 10.0 Å². The molecule has 6 rings (SSSR count). The number of nitrogens with one attached hydrogen (secondary N) is 1. The van der Waals surface area contributed by atoms with Crippen LogP contribution in [0.1, 0.15) is 18.1 Å². The zero-order valence-corrected chi connectivity index (χ0v) is 20.3. The third-order valence-corrected chi connectivity index (χ3v) is 8.09. The van der Waals surface area contributed by atoms with Gasteiger partial charge in [-0.2, -0.15) is 0 Å². The van der Waals surface area contributed by atoms with Crippen molar-refractivity contribution < 1.29 is 14.4 Å². The molecule has 3 heterocycles. The van der Waals surface area contributed by atoms with Crippen LogP contribution < -0.4 is 15.1 Å². The van der Waals surface area contributed by atoms with Crippen LogP contribution in [0.15, 0.2) is 72.8 Å². The van der Waals surface area contributed by atoms with Gasteiger partial charge in [-0.3, -0.25) is 19.7 Å². The lowest BCUT2D eigenvalue weighted by Crippen LogP contribution is -2.54. The van der Waals surface area contributed by atoms with E-state index in [9.17, 15) is 14.4 Å². The molecule has 0 aliphatic carbocycles. The smallest absolute Gasteiger partial charge is 0.253 e. The van der Waals surface area contributed by atoms with Gasteiger partial charge in [-0.1, -0.05) is 65.7 Å². The predicted molar refractivity (Wildman–Crippen MR) is 134 cm³/mol. The summed E-state index contributed by atoms with van der Waals surface area (Å²) in [6.07, 6.45) is 0. The molecule has 35 heavy (non-hydrogen) atoms. The van der Waals surface area contributed by atoms with Crippen LogP contribution in [0, 0.1) is 11.8 Å². The summed E-state index contributed by atoms with van der Waals surface area (Å²) in [5, 5.41) is 4.24. The lowest BCUT2D eigenvalue weighted by Gasteiger charge is -2.30. The van der Waals surface area contributed by atoms with Gasteiger partial charge in [0.05, 0.1) is 34.1 Å². The van der Waals surface area contributed by atoms with Gasteiger partial charge < -0.3 is 4.90 Å². The van der Waals surface area contributed by atoms with Gasteiger partial charge in [-0.15, -0.1) is 0 Å². The summed E-state index contributed by atoms with van der Waals surface area (Å²) in [4.78, 5) is 44.5. The number of halogens is 2. The molecular weight excluding hydrogens is 485 g/mol. The average molecular weight is 506 g/mol. The number of imide groups is 1. The largest absolute Gasteiger partial charge is 0.306 e. The third-order valence-electron chi connectivity index (χ3n) is 7.35. The molecule has 0 unspecified atom stereocenters. The Morgan fingerprint density at radius 1 is 0.886 bits per heavy atom. The van der Waals surface area contributed by atoms with Gasteiger partial charge >= 0.3 is 0 Å². The van der Waals surface area contributed by atoms with Crippen molar-refractivity contribution in [1.82, 2.24) is 5.32 Å². The highest BCUT2D eigenvalue weighted by atomic mass is 35.5. The fourth-order valence-corrected chi connectivity index (χ4v) is 6.24. The molecule has 2 saturated heterocycles. The van der Waals surface area contributed by atoms with Crippen molar-refractivity contribution >= 4 is 52.3 Å². The lowest BCUT2D eigenvalue weighted by molar-refractivity contribution is -0.132. The van der Waals surface area contributed by atoms with Crippen LogP contribution in [-0.4, -0.2) is 23.8 Å². The fourth-order valence-electron chi connectivity index (χ4n) is 5.92. The van der Waals surface area contributed by atoms with Crippen molar-refractivity contribution in [1.29, 1.82) is 0 Å². The Kier molecular flexibility index (Phi) is 5.04. The number of amides is 3. The van der Waals surface area contributed by atoms with Crippen LogP contribution in [0.25, 0.3) is 0 Å². The van der Waals surface area contributed by atoms with Gasteiger partial charge in [0.15, 0.2) is 0 Å². The molecule has 0 radical (unpaired) electrons. The highest BCUT2D eigenvalue weighted by Crippen LogP contribution is 2.55. The molecule has 0 saturated carbocycles. The first-order valence-electron chi connectivity index (χ1n) is 11.4. The van der Waals surface area contributed by atoms with Gasteiger partial charge in [0.1, 0.15) is 5.54 Å². The van der Waals surface area contributed by atoms with E-state index in [0.717, 1.165) is 5.56 Å². The second-order valence-corrected chi connectivity index (χ2v) is 10.1. The topological polar surface area (TPSA) is 69.7 Å². The molecule has 3 aromatic carbocycles. The zero-order chi connectivity index (χ0) is 24.5. The minimum atomic E-state index is -1.33. The number of rotatable bonds is 3. The van der Waals surface area contributed by atoms with E-state index in [1.807, 2.05) is 43.3 Å². The highest BCUT2D eigenvalue weighted by Gasteiger charge is 2.71. The fraction of sp³-hybridized carbons (Fsp3) is 0.222. The molecule has 176 valence electrons. The summed E-state index contributed by atoms with van der Waals surface area (Å²) in [6.45, 7) is 2.12. The summed E-state index contributed by atoms with van der Waals surface area (Å²) in [7, 11) is 0. The normalized spacial score (nSPS) is 27.2. The van der Waals surface area contributed by atoms with E-state index in [1.54, 1.807) is 41.3 Å². The molecule has 0 bridgehead atoms. The number of hydrogen-bond acceptors (Lipinski definition) is 4. The van der Waals surface area contributed by atoms with Gasteiger partial charge in [0.25, 0.3) is 5.91 Å². The van der Waals surface area contributed by atoms with Crippen LogP contribution >= 0.6 is 23.2 Å². The number of fused-ring (bicyclic) bond motifs is 4. The molecule has 3 aliphatic rings. The summed E-state index contributed by atoms with van der Waals surface area (Å²) in [6, 6.07) is 21.2. The molecule has 2 fully saturated rings. The molecule has 6 nitrogen and oxygen atoms in total. The van der Waals surface area contributed by atoms with Crippen LogP contribution in [-0.2, 0) is 26.5 Å². The average Bonchev–Trinajstić information content (AvgIpc) is 3.40. The number of hydrogen-bond donors (Lipinski definition) is 1. The SMILES string of the molecule is C[C@@H]1N[C@]2(C(=O)N(Cc3ccc(Cl)c(Cl)c3)c3ccccc32)[C@H]2C(=O)N(c3ccccc3)C(=O)[C@@H]12. The molecule has 3 amide bonds. The van der Waals surface area contributed by atoms with E-state index in [1.165, 1.54) is 4.90 Å². The maximum atomic E-state index is 14.2. The minimum Gasteiger partial charge on any atom is -0.306 e. The quantitative estimate of drug-likeness (QED) is 0.530. The second-order valence-electron chi connectivity index (χ2n) is 9.25. The molecule has 0 aromatic heterocycles. The van der Waals surface area contributed by atoms with E-state index >= 15 is 0 Å². The minimum absolute atomic E-state index is 0.250. The van der Waals surface area contributed by atoms with E-state index in [0.29, 0.717) is 27.0 Å². The number of carbonyl (C=O) groups excluding carboxylic acids is 3. The van der Waals surface area contributed by atoms with Crippen LogP contribution in [0.5, 0.6) is 0 Å². The Bertz CT molecular complexity index is 1400. The monoisotopic (exact) mass is 505 g/mol. The first kappa shape index (κ1) is 22.3. The molecule has 1 spiro atoms.